The number of benzene rings is 1. The number of rotatable bonds is 5. The Morgan fingerprint density at radius 1 is 1.47 bits per heavy atom. The van der Waals surface area contributed by atoms with E-state index in [9.17, 15) is 0 Å². The Bertz CT molecular complexity index is 447. The second-order valence-corrected chi connectivity index (χ2v) is 3.69. The lowest BCUT2D eigenvalue weighted by Crippen LogP contribution is -2.06. The number of aliphatic imine (C=N–C) groups is 1. The minimum atomic E-state index is 0.458. The van der Waals surface area contributed by atoms with Gasteiger partial charge in [0.05, 0.1) is 5.69 Å². The van der Waals surface area contributed by atoms with Crippen LogP contribution >= 0.6 is 0 Å². The molecule has 1 rings (SSSR count). The van der Waals surface area contributed by atoms with Gasteiger partial charge in [-0.3, -0.25) is 0 Å². The molecule has 0 aliphatic carbocycles. The maximum absolute atomic E-state index is 7.20. The first-order chi connectivity index (χ1) is 8.17. The van der Waals surface area contributed by atoms with Crippen LogP contribution < -0.4 is 11.5 Å². The Morgan fingerprint density at radius 3 is 2.88 bits per heavy atom. The minimum absolute atomic E-state index is 0.458. The standard InChI is InChI=1S/C13H18N4/c1-2-3-4-5-13(16)17-11-6-7-12(15)10(8-11)9-14/h4-9,14H,2-3,15H2,1H3,(H2,16,17)/b5-4-,14-9?. The number of hydrogen-bond donors (Lipinski definition) is 3. The molecule has 4 heteroatoms. The molecule has 0 amide bonds. The number of hydrogen-bond acceptors (Lipinski definition) is 3. The summed E-state index contributed by atoms with van der Waals surface area (Å²) < 4.78 is 0. The Hall–Kier alpha value is -2.10. The molecule has 0 unspecified atom stereocenters. The fourth-order valence-corrected chi connectivity index (χ4v) is 1.31. The van der Waals surface area contributed by atoms with Crippen molar-refractivity contribution >= 4 is 23.4 Å². The van der Waals surface area contributed by atoms with Crippen LogP contribution in [0.5, 0.6) is 0 Å². The third kappa shape index (κ3) is 4.10. The van der Waals surface area contributed by atoms with E-state index in [4.69, 9.17) is 16.9 Å². The Kier molecular flexibility index (Phi) is 4.94. The van der Waals surface area contributed by atoms with Crippen molar-refractivity contribution in [2.45, 2.75) is 19.8 Å². The monoisotopic (exact) mass is 230 g/mol. The first-order valence-corrected chi connectivity index (χ1v) is 5.58. The van der Waals surface area contributed by atoms with Gasteiger partial charge >= 0.3 is 0 Å². The highest BCUT2D eigenvalue weighted by molar-refractivity contribution is 5.94. The molecule has 0 saturated carbocycles. The molecule has 0 aromatic heterocycles. The molecule has 0 aliphatic rings. The number of allylic oxidation sites excluding steroid dienone is 1. The van der Waals surface area contributed by atoms with E-state index in [0.29, 0.717) is 22.8 Å². The highest BCUT2D eigenvalue weighted by atomic mass is 14.8. The SMILES string of the molecule is CCC/C=C\C(N)=Nc1ccc(N)c(C=N)c1. The summed E-state index contributed by atoms with van der Waals surface area (Å²) in [6, 6.07) is 5.24. The maximum Gasteiger partial charge on any atom is 0.123 e. The summed E-state index contributed by atoms with van der Waals surface area (Å²) in [6.45, 7) is 2.11. The van der Waals surface area contributed by atoms with Crippen molar-refractivity contribution in [1.29, 1.82) is 5.41 Å². The van der Waals surface area contributed by atoms with Crippen LogP contribution in [0, 0.1) is 5.41 Å². The molecule has 0 bridgehead atoms. The third-order valence-corrected chi connectivity index (χ3v) is 2.23. The van der Waals surface area contributed by atoms with Crippen LogP contribution in [0.25, 0.3) is 0 Å². The van der Waals surface area contributed by atoms with Gasteiger partial charge in [0, 0.05) is 17.5 Å². The van der Waals surface area contributed by atoms with E-state index in [2.05, 4.69) is 11.9 Å². The minimum Gasteiger partial charge on any atom is -0.398 e. The average Bonchev–Trinajstić information content (AvgIpc) is 2.32. The number of amidine groups is 1. The average molecular weight is 230 g/mol. The molecule has 1 aromatic rings. The summed E-state index contributed by atoms with van der Waals surface area (Å²) in [7, 11) is 0. The highest BCUT2D eigenvalue weighted by Gasteiger charge is 1.97. The molecule has 90 valence electrons. The summed E-state index contributed by atoms with van der Waals surface area (Å²) in [6.07, 6.45) is 7.07. The predicted molar refractivity (Wildman–Crippen MR) is 74.1 cm³/mol. The summed E-state index contributed by atoms with van der Waals surface area (Å²) in [4.78, 5) is 4.23. The van der Waals surface area contributed by atoms with Gasteiger partial charge in [0.15, 0.2) is 0 Å². The first kappa shape index (κ1) is 13.0. The molecule has 0 atom stereocenters. The van der Waals surface area contributed by atoms with Crippen LogP contribution in [0.4, 0.5) is 11.4 Å². The Morgan fingerprint density at radius 2 is 2.24 bits per heavy atom. The van der Waals surface area contributed by atoms with Gasteiger partial charge in [0.2, 0.25) is 0 Å². The fourth-order valence-electron chi connectivity index (χ4n) is 1.31. The van der Waals surface area contributed by atoms with Gasteiger partial charge in [-0.15, -0.1) is 0 Å². The highest BCUT2D eigenvalue weighted by Crippen LogP contribution is 2.18. The van der Waals surface area contributed by atoms with Gasteiger partial charge in [-0.1, -0.05) is 19.4 Å². The number of nitrogens with zero attached hydrogens (tertiary/aromatic N) is 1. The zero-order valence-corrected chi connectivity index (χ0v) is 9.98. The van der Waals surface area contributed by atoms with Gasteiger partial charge in [-0.05, 0) is 30.7 Å². The molecular weight excluding hydrogens is 212 g/mol. The van der Waals surface area contributed by atoms with Crippen molar-refractivity contribution in [2.24, 2.45) is 10.7 Å². The normalized spacial score (nSPS) is 11.9. The van der Waals surface area contributed by atoms with Gasteiger partial charge in [-0.2, -0.15) is 0 Å². The van der Waals surface area contributed by atoms with Crippen molar-refractivity contribution in [3.05, 3.63) is 35.9 Å². The molecule has 17 heavy (non-hydrogen) atoms. The molecule has 5 N–H and O–H groups in total. The lowest BCUT2D eigenvalue weighted by atomic mass is 10.2. The second kappa shape index (κ2) is 6.48. The molecule has 0 fully saturated rings. The number of unbranched alkanes of at least 4 members (excludes halogenated alkanes) is 1. The fraction of sp³-hybridized carbons (Fsp3) is 0.231. The summed E-state index contributed by atoms with van der Waals surface area (Å²) in [5.41, 5.74) is 13.4. The molecule has 0 saturated heterocycles. The Labute approximate surface area is 102 Å². The number of anilines is 1. The molecule has 1 aromatic carbocycles. The van der Waals surface area contributed by atoms with Crippen LogP contribution in [0.15, 0.2) is 35.3 Å². The second-order valence-electron chi connectivity index (χ2n) is 3.69. The molecular formula is C13H18N4. The molecule has 4 nitrogen and oxygen atoms in total. The van der Waals surface area contributed by atoms with Crippen LogP contribution in [-0.2, 0) is 0 Å². The van der Waals surface area contributed by atoms with E-state index in [-0.39, 0.29) is 0 Å². The van der Waals surface area contributed by atoms with Gasteiger partial charge in [0.25, 0.3) is 0 Å². The lowest BCUT2D eigenvalue weighted by Gasteiger charge is -2.01. The van der Waals surface area contributed by atoms with Crippen LogP contribution in [0.3, 0.4) is 0 Å². The lowest BCUT2D eigenvalue weighted by molar-refractivity contribution is 0.959. The number of nitrogens with two attached hydrogens (primary N) is 2. The molecule has 0 radical (unpaired) electrons. The topological polar surface area (TPSA) is 88.2 Å². The van der Waals surface area contributed by atoms with E-state index in [0.717, 1.165) is 12.8 Å². The smallest absolute Gasteiger partial charge is 0.123 e. The van der Waals surface area contributed by atoms with Gasteiger partial charge in [0.1, 0.15) is 5.84 Å². The number of nitrogens with one attached hydrogen (secondary N) is 1. The summed E-state index contributed by atoms with van der Waals surface area (Å²) in [5, 5.41) is 7.20. The van der Waals surface area contributed by atoms with Crippen LogP contribution in [0.2, 0.25) is 0 Å². The van der Waals surface area contributed by atoms with Crippen molar-refractivity contribution in [2.75, 3.05) is 5.73 Å². The van der Waals surface area contributed by atoms with Crippen LogP contribution in [0.1, 0.15) is 25.3 Å². The van der Waals surface area contributed by atoms with E-state index in [1.165, 1.54) is 6.21 Å². The zero-order valence-electron chi connectivity index (χ0n) is 9.98. The Balaban J connectivity index is 2.86. The van der Waals surface area contributed by atoms with Crippen molar-refractivity contribution in [1.82, 2.24) is 0 Å². The van der Waals surface area contributed by atoms with E-state index >= 15 is 0 Å². The number of nitrogen functional groups attached to an aromatic ring is 1. The van der Waals surface area contributed by atoms with Gasteiger partial charge in [-0.25, -0.2) is 4.99 Å². The molecule has 0 aliphatic heterocycles. The van der Waals surface area contributed by atoms with Crippen molar-refractivity contribution in [3.63, 3.8) is 0 Å². The predicted octanol–water partition coefficient (Wildman–Crippen LogP) is 2.61. The van der Waals surface area contributed by atoms with Crippen molar-refractivity contribution < 1.29 is 0 Å². The van der Waals surface area contributed by atoms with E-state index in [1.807, 2.05) is 6.08 Å². The maximum atomic E-state index is 7.20. The first-order valence-electron chi connectivity index (χ1n) is 5.58. The zero-order chi connectivity index (χ0) is 12.7. The van der Waals surface area contributed by atoms with Crippen molar-refractivity contribution in [3.8, 4) is 0 Å². The molecule has 0 spiro atoms. The van der Waals surface area contributed by atoms with E-state index in [1.54, 1.807) is 24.3 Å². The molecule has 0 heterocycles. The third-order valence-electron chi connectivity index (χ3n) is 2.23. The summed E-state index contributed by atoms with van der Waals surface area (Å²) >= 11 is 0. The summed E-state index contributed by atoms with van der Waals surface area (Å²) in [5.74, 6) is 0.458. The largest absolute Gasteiger partial charge is 0.398 e. The quantitative estimate of drug-likeness (QED) is 0.412. The van der Waals surface area contributed by atoms with Gasteiger partial charge < -0.3 is 16.9 Å². The van der Waals surface area contributed by atoms with E-state index < -0.39 is 0 Å². The van der Waals surface area contributed by atoms with Crippen LogP contribution in [-0.4, -0.2) is 12.1 Å².